The molecular formula is C15H12ClFN2O. The summed E-state index contributed by atoms with van der Waals surface area (Å²) in [5, 5.41) is 10.7. The number of hydrogen-bond donors (Lipinski definition) is 1. The Hall–Kier alpha value is -1.91. The highest BCUT2D eigenvalue weighted by atomic mass is 35.5. The van der Waals surface area contributed by atoms with Crippen LogP contribution in [0.3, 0.4) is 0 Å². The van der Waals surface area contributed by atoms with Crippen LogP contribution >= 0.6 is 11.6 Å². The summed E-state index contributed by atoms with van der Waals surface area (Å²) in [6.45, 7) is 0.430. The largest absolute Gasteiger partial charge is 0.392 e. The summed E-state index contributed by atoms with van der Waals surface area (Å²) in [5.41, 5.74) is 2.39. The van der Waals surface area contributed by atoms with Crippen molar-refractivity contribution < 1.29 is 9.50 Å². The van der Waals surface area contributed by atoms with Crippen molar-refractivity contribution in [3.8, 4) is 0 Å². The second-order valence-corrected chi connectivity index (χ2v) is 4.96. The molecule has 0 aliphatic rings. The number of hydrogen-bond acceptors (Lipinski definition) is 2. The molecular weight excluding hydrogens is 279 g/mol. The number of benzene rings is 1. The van der Waals surface area contributed by atoms with E-state index in [2.05, 4.69) is 4.98 Å². The normalized spacial score (nSPS) is 11.2. The molecule has 0 fully saturated rings. The summed E-state index contributed by atoms with van der Waals surface area (Å²) in [6.07, 6.45) is 3.55. The summed E-state index contributed by atoms with van der Waals surface area (Å²) in [5.74, 6) is -0.356. The molecule has 2 aromatic heterocycles. The fourth-order valence-electron chi connectivity index (χ4n) is 2.28. The Morgan fingerprint density at radius 2 is 2.10 bits per heavy atom. The molecule has 0 radical (unpaired) electrons. The van der Waals surface area contributed by atoms with E-state index in [4.69, 9.17) is 11.6 Å². The second-order valence-electron chi connectivity index (χ2n) is 4.55. The van der Waals surface area contributed by atoms with Gasteiger partial charge in [-0.1, -0.05) is 17.7 Å². The van der Waals surface area contributed by atoms with Crippen LogP contribution in [0, 0.1) is 5.82 Å². The molecule has 0 unspecified atom stereocenters. The maximum absolute atomic E-state index is 13.1. The van der Waals surface area contributed by atoms with E-state index in [9.17, 15) is 9.50 Å². The smallest absolute Gasteiger partial charge is 0.140 e. The highest BCUT2D eigenvalue weighted by Gasteiger charge is 2.10. The summed E-state index contributed by atoms with van der Waals surface area (Å²) in [7, 11) is 0. The molecule has 0 aliphatic carbocycles. The average molecular weight is 291 g/mol. The highest BCUT2D eigenvalue weighted by molar-refractivity contribution is 6.31. The van der Waals surface area contributed by atoms with E-state index in [1.54, 1.807) is 12.3 Å². The molecule has 1 N–H and O–H groups in total. The Kier molecular flexibility index (Phi) is 3.42. The van der Waals surface area contributed by atoms with Crippen molar-refractivity contribution in [1.29, 1.82) is 0 Å². The van der Waals surface area contributed by atoms with Crippen LogP contribution < -0.4 is 0 Å². The maximum atomic E-state index is 13.1. The first-order valence-corrected chi connectivity index (χ1v) is 6.54. The van der Waals surface area contributed by atoms with Gasteiger partial charge in [-0.15, -0.1) is 0 Å². The zero-order chi connectivity index (χ0) is 14.1. The first-order chi connectivity index (χ1) is 9.69. The molecule has 0 bridgehead atoms. The summed E-state index contributed by atoms with van der Waals surface area (Å²) in [4.78, 5) is 4.33. The molecule has 1 aromatic carbocycles. The minimum atomic E-state index is -0.356. The van der Waals surface area contributed by atoms with E-state index < -0.39 is 0 Å². The number of pyridine rings is 1. The average Bonchev–Trinajstić information content (AvgIpc) is 2.80. The van der Waals surface area contributed by atoms with Gasteiger partial charge in [0, 0.05) is 28.4 Å². The van der Waals surface area contributed by atoms with Crippen molar-refractivity contribution in [3.63, 3.8) is 0 Å². The molecule has 0 saturated heterocycles. The lowest BCUT2D eigenvalue weighted by atomic mass is 10.2. The number of aliphatic hydroxyl groups excluding tert-OH is 1. The maximum Gasteiger partial charge on any atom is 0.140 e. The van der Waals surface area contributed by atoms with E-state index in [1.165, 1.54) is 12.1 Å². The van der Waals surface area contributed by atoms with Gasteiger partial charge >= 0.3 is 0 Å². The van der Waals surface area contributed by atoms with Crippen LogP contribution in [0.15, 0.2) is 42.7 Å². The van der Waals surface area contributed by atoms with Crippen LogP contribution in [0.1, 0.15) is 11.1 Å². The minimum Gasteiger partial charge on any atom is -0.392 e. The number of nitrogens with zero attached hydrogens (tertiary/aromatic N) is 2. The first-order valence-electron chi connectivity index (χ1n) is 6.16. The van der Waals surface area contributed by atoms with E-state index in [-0.39, 0.29) is 12.4 Å². The molecule has 3 nitrogen and oxygen atoms in total. The Morgan fingerprint density at radius 1 is 1.25 bits per heavy atom. The summed E-state index contributed by atoms with van der Waals surface area (Å²) in [6, 6.07) is 8.08. The van der Waals surface area contributed by atoms with Crippen molar-refractivity contribution >= 4 is 22.6 Å². The molecule has 102 valence electrons. The van der Waals surface area contributed by atoms with Gasteiger partial charge in [-0.2, -0.15) is 0 Å². The monoisotopic (exact) mass is 290 g/mol. The third-order valence-corrected chi connectivity index (χ3v) is 3.59. The van der Waals surface area contributed by atoms with Crippen LogP contribution in [0.5, 0.6) is 0 Å². The third kappa shape index (κ3) is 2.28. The van der Waals surface area contributed by atoms with Gasteiger partial charge in [0.25, 0.3) is 0 Å². The van der Waals surface area contributed by atoms with Gasteiger partial charge in [-0.05, 0) is 29.8 Å². The van der Waals surface area contributed by atoms with E-state index in [1.807, 2.05) is 22.9 Å². The van der Waals surface area contributed by atoms with Gasteiger partial charge in [-0.25, -0.2) is 9.37 Å². The standard InChI is InChI=1S/C15H12ClFN2O/c16-14-6-12(17)4-3-10(14)7-19-8-11(9-20)13-2-1-5-18-15(13)19/h1-6,8,20H,7,9H2. The van der Waals surface area contributed by atoms with Gasteiger partial charge in [0.1, 0.15) is 11.5 Å². The van der Waals surface area contributed by atoms with Gasteiger partial charge in [-0.3, -0.25) is 0 Å². The van der Waals surface area contributed by atoms with Gasteiger partial charge in [0.2, 0.25) is 0 Å². The van der Waals surface area contributed by atoms with Crippen LogP contribution in [0.2, 0.25) is 5.02 Å². The predicted molar refractivity (Wildman–Crippen MR) is 76.2 cm³/mol. The molecule has 0 aliphatic heterocycles. The second kappa shape index (κ2) is 5.23. The van der Waals surface area contributed by atoms with Crippen LogP contribution in [-0.4, -0.2) is 14.7 Å². The van der Waals surface area contributed by atoms with Crippen molar-refractivity contribution in [2.45, 2.75) is 13.2 Å². The van der Waals surface area contributed by atoms with E-state index in [0.29, 0.717) is 11.6 Å². The number of aromatic nitrogens is 2. The topological polar surface area (TPSA) is 38.0 Å². The molecule has 0 spiro atoms. The number of aliphatic hydroxyl groups is 1. The molecule has 20 heavy (non-hydrogen) atoms. The molecule has 0 saturated carbocycles. The highest BCUT2D eigenvalue weighted by Crippen LogP contribution is 2.23. The molecule has 2 heterocycles. The Bertz CT molecular complexity index is 770. The predicted octanol–water partition coefficient (Wildman–Crippen LogP) is 3.37. The molecule has 0 atom stereocenters. The summed E-state index contributed by atoms with van der Waals surface area (Å²) >= 11 is 6.05. The van der Waals surface area contributed by atoms with Gasteiger partial charge in [0.15, 0.2) is 0 Å². The lowest BCUT2D eigenvalue weighted by molar-refractivity contribution is 0.283. The van der Waals surface area contributed by atoms with Crippen LogP contribution in [-0.2, 0) is 13.2 Å². The van der Waals surface area contributed by atoms with Gasteiger partial charge < -0.3 is 9.67 Å². The Labute approximate surface area is 120 Å². The van der Waals surface area contributed by atoms with Crippen LogP contribution in [0.25, 0.3) is 11.0 Å². The molecule has 0 amide bonds. The van der Waals surface area contributed by atoms with Crippen molar-refractivity contribution in [1.82, 2.24) is 9.55 Å². The van der Waals surface area contributed by atoms with Crippen molar-refractivity contribution in [2.24, 2.45) is 0 Å². The minimum absolute atomic E-state index is 0.0493. The SMILES string of the molecule is OCc1cn(Cc2ccc(F)cc2Cl)c2ncccc12. The quantitative estimate of drug-likeness (QED) is 0.803. The van der Waals surface area contributed by atoms with Crippen LogP contribution in [0.4, 0.5) is 4.39 Å². The van der Waals surface area contributed by atoms with Crippen molar-refractivity contribution in [3.05, 3.63) is 64.7 Å². The number of halogens is 2. The molecule has 3 aromatic rings. The lowest BCUT2D eigenvalue weighted by Gasteiger charge is -2.07. The van der Waals surface area contributed by atoms with E-state index >= 15 is 0 Å². The fraction of sp³-hybridized carbons (Fsp3) is 0.133. The first kappa shape index (κ1) is 13.1. The number of fused-ring (bicyclic) bond motifs is 1. The van der Waals surface area contributed by atoms with Crippen molar-refractivity contribution in [2.75, 3.05) is 0 Å². The molecule has 3 rings (SSSR count). The zero-order valence-electron chi connectivity index (χ0n) is 10.6. The lowest BCUT2D eigenvalue weighted by Crippen LogP contribution is -2.00. The third-order valence-electron chi connectivity index (χ3n) is 3.24. The summed E-state index contributed by atoms with van der Waals surface area (Å²) < 4.78 is 15.0. The van der Waals surface area contributed by atoms with E-state index in [0.717, 1.165) is 22.2 Å². The van der Waals surface area contributed by atoms with Gasteiger partial charge in [0.05, 0.1) is 13.2 Å². The zero-order valence-corrected chi connectivity index (χ0v) is 11.3. The Balaban J connectivity index is 2.06. The fourth-order valence-corrected chi connectivity index (χ4v) is 2.50. The molecule has 5 heteroatoms. The Morgan fingerprint density at radius 3 is 2.85 bits per heavy atom. The number of rotatable bonds is 3.